The molecule has 2 rings (SSSR count). The smallest absolute Gasteiger partial charge is 0.264 e. The molecule has 0 fully saturated rings. The van der Waals surface area contributed by atoms with Crippen molar-refractivity contribution in [2.45, 2.75) is 6.54 Å². The number of carbonyl (C=O) groups excluding carboxylic acids is 1. The fourth-order valence-corrected chi connectivity index (χ4v) is 3.70. The van der Waals surface area contributed by atoms with Gasteiger partial charge >= 0.3 is 0 Å². The summed E-state index contributed by atoms with van der Waals surface area (Å²) >= 11 is 6.51. The van der Waals surface area contributed by atoms with Gasteiger partial charge in [-0.05, 0) is 39.5 Å². The molecule has 2 aromatic rings. The van der Waals surface area contributed by atoms with Gasteiger partial charge in [-0.15, -0.1) is 22.7 Å². The Balaban J connectivity index is 2.10. The zero-order valence-electron chi connectivity index (χ0n) is 10.5. The van der Waals surface area contributed by atoms with Gasteiger partial charge in [-0.1, -0.05) is 6.07 Å². The van der Waals surface area contributed by atoms with Gasteiger partial charge in [0.1, 0.15) is 0 Å². The van der Waals surface area contributed by atoms with Crippen molar-refractivity contribution in [2.75, 3.05) is 20.3 Å². The minimum Gasteiger partial charge on any atom is -0.383 e. The van der Waals surface area contributed by atoms with Crippen LogP contribution in [-0.4, -0.2) is 31.1 Å². The van der Waals surface area contributed by atoms with Crippen LogP contribution in [0.25, 0.3) is 0 Å². The van der Waals surface area contributed by atoms with Crippen molar-refractivity contribution in [1.82, 2.24) is 4.90 Å². The summed E-state index contributed by atoms with van der Waals surface area (Å²) in [5, 5.41) is 2.02. The van der Waals surface area contributed by atoms with Crippen molar-refractivity contribution in [3.63, 3.8) is 0 Å². The molecule has 0 aromatic carbocycles. The minimum atomic E-state index is 0.0566. The van der Waals surface area contributed by atoms with E-state index in [-0.39, 0.29) is 5.91 Å². The molecule has 6 heteroatoms. The first-order valence-corrected chi connectivity index (χ1v) is 8.25. The lowest BCUT2D eigenvalue weighted by atomic mass is 10.3. The second-order valence-corrected chi connectivity index (χ2v) is 7.40. The molecule has 0 saturated carbocycles. The Kier molecular flexibility index (Phi) is 5.57. The van der Waals surface area contributed by atoms with Gasteiger partial charge in [-0.2, -0.15) is 0 Å². The first kappa shape index (κ1) is 14.7. The Labute approximate surface area is 128 Å². The van der Waals surface area contributed by atoms with E-state index in [9.17, 15) is 4.79 Å². The van der Waals surface area contributed by atoms with Crippen LogP contribution in [0.3, 0.4) is 0 Å². The van der Waals surface area contributed by atoms with Crippen molar-refractivity contribution >= 4 is 44.5 Å². The Bertz CT molecular complexity index is 524. The number of hydrogen-bond donors (Lipinski definition) is 0. The fraction of sp³-hybridized carbons (Fsp3) is 0.308. The molecule has 3 nitrogen and oxygen atoms in total. The van der Waals surface area contributed by atoms with E-state index in [1.807, 2.05) is 34.5 Å². The first-order valence-electron chi connectivity index (χ1n) is 5.76. The molecule has 102 valence electrons. The summed E-state index contributed by atoms with van der Waals surface area (Å²) in [5.41, 5.74) is 0. The summed E-state index contributed by atoms with van der Waals surface area (Å²) in [6, 6.07) is 7.80. The summed E-state index contributed by atoms with van der Waals surface area (Å²) in [5.74, 6) is 0.0566. The molecule has 2 heterocycles. The summed E-state index contributed by atoms with van der Waals surface area (Å²) < 4.78 is 6.06. The molecular formula is C13H14BrNO2S2. The number of thiophene rings is 2. The van der Waals surface area contributed by atoms with Gasteiger partial charge in [-0.3, -0.25) is 4.79 Å². The highest BCUT2D eigenvalue weighted by molar-refractivity contribution is 9.11. The minimum absolute atomic E-state index is 0.0566. The number of hydrogen-bond acceptors (Lipinski definition) is 4. The monoisotopic (exact) mass is 359 g/mol. The number of amides is 1. The lowest BCUT2D eigenvalue weighted by Crippen LogP contribution is -2.32. The topological polar surface area (TPSA) is 29.5 Å². The van der Waals surface area contributed by atoms with E-state index in [1.165, 1.54) is 16.2 Å². The molecule has 0 saturated heterocycles. The molecule has 19 heavy (non-hydrogen) atoms. The molecule has 0 aliphatic carbocycles. The summed E-state index contributed by atoms with van der Waals surface area (Å²) in [7, 11) is 1.65. The average molecular weight is 360 g/mol. The van der Waals surface area contributed by atoms with E-state index in [2.05, 4.69) is 15.9 Å². The highest BCUT2D eigenvalue weighted by atomic mass is 79.9. The standard InChI is InChI=1S/C13H14BrNO2S2/c1-17-7-6-15(9-10-3-2-8-18-10)13(16)11-4-5-12(14)19-11/h2-5,8H,6-7,9H2,1H3. The van der Waals surface area contributed by atoms with Crippen LogP contribution < -0.4 is 0 Å². The van der Waals surface area contributed by atoms with E-state index in [4.69, 9.17) is 4.74 Å². The lowest BCUT2D eigenvalue weighted by Gasteiger charge is -2.21. The second-order valence-electron chi connectivity index (χ2n) is 3.90. The molecule has 0 aliphatic heterocycles. The van der Waals surface area contributed by atoms with Crippen LogP contribution in [0.2, 0.25) is 0 Å². The van der Waals surface area contributed by atoms with Gasteiger partial charge in [-0.25, -0.2) is 0 Å². The number of halogens is 1. The molecule has 0 bridgehead atoms. The molecule has 0 radical (unpaired) electrons. The molecule has 0 unspecified atom stereocenters. The molecule has 0 atom stereocenters. The maximum Gasteiger partial charge on any atom is 0.264 e. The van der Waals surface area contributed by atoms with E-state index in [0.717, 1.165) is 8.66 Å². The third-order valence-corrected chi connectivity index (χ3v) is 5.04. The van der Waals surface area contributed by atoms with Crippen LogP contribution in [0.5, 0.6) is 0 Å². The third kappa shape index (κ3) is 4.14. The first-order chi connectivity index (χ1) is 9.20. The molecule has 0 spiro atoms. The predicted molar refractivity (Wildman–Crippen MR) is 83.0 cm³/mol. The van der Waals surface area contributed by atoms with E-state index in [1.54, 1.807) is 18.4 Å². The number of ether oxygens (including phenoxy) is 1. The van der Waals surface area contributed by atoms with Gasteiger partial charge in [0.2, 0.25) is 0 Å². The van der Waals surface area contributed by atoms with Gasteiger partial charge in [0.15, 0.2) is 0 Å². The Hall–Kier alpha value is -0.690. The molecular weight excluding hydrogens is 346 g/mol. The highest BCUT2D eigenvalue weighted by Gasteiger charge is 2.18. The van der Waals surface area contributed by atoms with Crippen molar-refractivity contribution in [1.29, 1.82) is 0 Å². The summed E-state index contributed by atoms with van der Waals surface area (Å²) in [6.45, 7) is 1.78. The highest BCUT2D eigenvalue weighted by Crippen LogP contribution is 2.24. The Morgan fingerprint density at radius 1 is 1.42 bits per heavy atom. The van der Waals surface area contributed by atoms with Crippen LogP contribution in [0.15, 0.2) is 33.4 Å². The normalized spacial score (nSPS) is 10.6. The van der Waals surface area contributed by atoms with Crippen molar-refractivity contribution in [2.24, 2.45) is 0 Å². The largest absolute Gasteiger partial charge is 0.383 e. The Morgan fingerprint density at radius 3 is 2.84 bits per heavy atom. The Morgan fingerprint density at radius 2 is 2.26 bits per heavy atom. The van der Waals surface area contributed by atoms with Crippen molar-refractivity contribution < 1.29 is 9.53 Å². The van der Waals surface area contributed by atoms with Crippen LogP contribution in [-0.2, 0) is 11.3 Å². The van der Waals surface area contributed by atoms with Crippen LogP contribution in [0.4, 0.5) is 0 Å². The third-order valence-electron chi connectivity index (χ3n) is 2.56. The molecule has 0 aliphatic rings. The molecule has 0 N–H and O–H groups in total. The maximum absolute atomic E-state index is 12.5. The van der Waals surface area contributed by atoms with Gasteiger partial charge in [0.25, 0.3) is 5.91 Å². The summed E-state index contributed by atoms with van der Waals surface area (Å²) in [4.78, 5) is 16.2. The van der Waals surface area contributed by atoms with E-state index in [0.29, 0.717) is 19.7 Å². The van der Waals surface area contributed by atoms with Gasteiger partial charge < -0.3 is 9.64 Å². The van der Waals surface area contributed by atoms with Crippen LogP contribution in [0, 0.1) is 0 Å². The lowest BCUT2D eigenvalue weighted by molar-refractivity contribution is 0.0687. The number of methoxy groups -OCH3 is 1. The van der Waals surface area contributed by atoms with Gasteiger partial charge in [0.05, 0.1) is 21.8 Å². The molecule has 2 aromatic heterocycles. The van der Waals surface area contributed by atoms with Crippen molar-refractivity contribution in [3.8, 4) is 0 Å². The quantitative estimate of drug-likeness (QED) is 0.783. The van der Waals surface area contributed by atoms with Crippen molar-refractivity contribution in [3.05, 3.63) is 43.2 Å². The average Bonchev–Trinajstić information content (AvgIpc) is 3.05. The predicted octanol–water partition coefficient (Wildman–Crippen LogP) is 3.86. The number of rotatable bonds is 6. The van der Waals surface area contributed by atoms with Crippen LogP contribution in [0.1, 0.15) is 14.5 Å². The zero-order chi connectivity index (χ0) is 13.7. The van der Waals surface area contributed by atoms with Gasteiger partial charge in [0, 0.05) is 18.5 Å². The second kappa shape index (κ2) is 7.19. The SMILES string of the molecule is COCCN(Cc1cccs1)C(=O)c1ccc(Br)s1. The van der Waals surface area contributed by atoms with Crippen LogP contribution >= 0.6 is 38.6 Å². The fourth-order valence-electron chi connectivity index (χ4n) is 1.63. The summed E-state index contributed by atoms with van der Waals surface area (Å²) in [6.07, 6.45) is 0. The zero-order valence-corrected chi connectivity index (χ0v) is 13.7. The maximum atomic E-state index is 12.5. The molecule has 1 amide bonds. The van der Waals surface area contributed by atoms with E-state index >= 15 is 0 Å². The number of nitrogens with zero attached hydrogens (tertiary/aromatic N) is 1. The van der Waals surface area contributed by atoms with E-state index < -0.39 is 0 Å². The number of carbonyl (C=O) groups is 1.